The fraction of sp³-hybridized carbons (Fsp3) is 0.429. The van der Waals surface area contributed by atoms with Gasteiger partial charge in [-0.3, -0.25) is 0 Å². The van der Waals surface area contributed by atoms with E-state index in [2.05, 4.69) is 5.32 Å². The Hall–Kier alpha value is -1.73. The van der Waals surface area contributed by atoms with Crippen LogP contribution in [0.1, 0.15) is 6.92 Å². The average Bonchev–Trinajstić information content (AvgIpc) is 2.43. The van der Waals surface area contributed by atoms with Gasteiger partial charge in [-0.1, -0.05) is 0 Å². The molecule has 7 heteroatoms. The van der Waals surface area contributed by atoms with Gasteiger partial charge >= 0.3 is 12.0 Å². The number of ether oxygens (including phenoxy) is 1. The Morgan fingerprint density at radius 2 is 2.00 bits per heavy atom. The number of carboxylic acid groups (broad SMARTS) is 1. The Bertz CT molecular complexity index is 526. The van der Waals surface area contributed by atoms with Gasteiger partial charge in [0, 0.05) is 10.6 Å². The van der Waals surface area contributed by atoms with Crippen molar-refractivity contribution in [2.24, 2.45) is 0 Å². The van der Waals surface area contributed by atoms with E-state index < -0.39 is 11.6 Å². The van der Waals surface area contributed by atoms with Crippen LogP contribution in [0.5, 0.6) is 0 Å². The fourth-order valence-corrected chi connectivity index (χ4v) is 2.52. The summed E-state index contributed by atoms with van der Waals surface area (Å²) in [6, 6.07) is 7.38. The summed E-state index contributed by atoms with van der Waals surface area (Å²) in [7, 11) is 0. The zero-order valence-electron chi connectivity index (χ0n) is 12.0. The van der Waals surface area contributed by atoms with Crippen molar-refractivity contribution in [3.8, 4) is 0 Å². The van der Waals surface area contributed by atoms with Crippen LogP contribution in [-0.2, 0) is 9.53 Å². The van der Waals surface area contributed by atoms with Crippen molar-refractivity contribution in [1.82, 2.24) is 4.90 Å². The first-order valence-electron chi connectivity index (χ1n) is 6.48. The number of nitrogens with one attached hydrogen (secondary N) is 1. The lowest BCUT2D eigenvalue weighted by Gasteiger charge is -2.46. The molecule has 1 saturated heterocycles. The Kier molecular flexibility index (Phi) is 4.74. The molecule has 1 aromatic rings. The molecule has 21 heavy (non-hydrogen) atoms. The molecule has 2 amide bonds. The molecule has 1 aliphatic heterocycles. The van der Waals surface area contributed by atoms with Gasteiger partial charge in [-0.05, 0) is 37.4 Å². The van der Waals surface area contributed by atoms with Gasteiger partial charge in [0.2, 0.25) is 0 Å². The molecule has 2 N–H and O–H groups in total. The van der Waals surface area contributed by atoms with E-state index in [-0.39, 0.29) is 12.6 Å². The van der Waals surface area contributed by atoms with E-state index in [1.165, 1.54) is 0 Å². The summed E-state index contributed by atoms with van der Waals surface area (Å²) >= 11 is 1.64. The van der Waals surface area contributed by atoms with E-state index >= 15 is 0 Å². The second-order valence-corrected chi connectivity index (χ2v) is 6.03. The summed E-state index contributed by atoms with van der Waals surface area (Å²) in [5.41, 5.74) is 0.163. The lowest BCUT2D eigenvalue weighted by atomic mass is 9.97. The predicted octanol–water partition coefficient (Wildman–Crippen LogP) is 2.12. The Labute approximate surface area is 127 Å². The Balaban J connectivity index is 1.81. The first-order valence-corrected chi connectivity index (χ1v) is 7.70. The Morgan fingerprint density at radius 3 is 2.52 bits per heavy atom. The maximum atomic E-state index is 12.0. The van der Waals surface area contributed by atoms with Crippen molar-refractivity contribution in [2.75, 3.05) is 31.3 Å². The van der Waals surface area contributed by atoms with Crippen molar-refractivity contribution in [3.63, 3.8) is 0 Å². The minimum atomic E-state index is -1.01. The molecule has 0 saturated carbocycles. The summed E-state index contributed by atoms with van der Waals surface area (Å²) < 4.78 is 5.26. The highest BCUT2D eigenvalue weighted by atomic mass is 32.2. The smallest absolute Gasteiger partial charge is 0.329 e. The number of carbonyl (C=O) groups is 2. The van der Waals surface area contributed by atoms with Gasteiger partial charge in [0.25, 0.3) is 0 Å². The molecular formula is C14H18N2O4S. The molecule has 6 nitrogen and oxygen atoms in total. The van der Waals surface area contributed by atoms with Crippen LogP contribution in [0.4, 0.5) is 10.5 Å². The summed E-state index contributed by atoms with van der Waals surface area (Å²) in [5.74, 6) is -1.01. The van der Waals surface area contributed by atoms with Crippen molar-refractivity contribution in [3.05, 3.63) is 24.3 Å². The lowest BCUT2D eigenvalue weighted by molar-refractivity contribution is -0.159. The topological polar surface area (TPSA) is 78.9 Å². The van der Waals surface area contributed by atoms with Gasteiger partial charge < -0.3 is 20.1 Å². The van der Waals surface area contributed by atoms with Crippen LogP contribution in [0.15, 0.2) is 29.2 Å². The van der Waals surface area contributed by atoms with Crippen molar-refractivity contribution < 1.29 is 19.4 Å². The number of thioether (sulfide) groups is 1. The van der Waals surface area contributed by atoms with Crippen LogP contribution in [0, 0.1) is 0 Å². The van der Waals surface area contributed by atoms with Gasteiger partial charge in [0.1, 0.15) is 12.2 Å². The number of hydrogen-bond acceptors (Lipinski definition) is 4. The molecule has 0 bridgehead atoms. The molecular weight excluding hydrogens is 292 g/mol. The molecule has 1 heterocycles. The summed E-state index contributed by atoms with van der Waals surface area (Å²) in [6.07, 6.45) is 1.99. The van der Waals surface area contributed by atoms with Gasteiger partial charge in [-0.15, -0.1) is 11.8 Å². The van der Waals surface area contributed by atoms with Crippen molar-refractivity contribution in [1.29, 1.82) is 0 Å². The molecule has 1 aromatic carbocycles. The summed E-state index contributed by atoms with van der Waals surface area (Å²) in [6.45, 7) is 2.22. The number of urea groups is 1. The van der Waals surface area contributed by atoms with E-state index in [1.54, 1.807) is 23.6 Å². The minimum Gasteiger partial charge on any atom is -0.480 e. The van der Waals surface area contributed by atoms with E-state index in [9.17, 15) is 9.59 Å². The second-order valence-electron chi connectivity index (χ2n) is 5.15. The molecule has 0 aliphatic carbocycles. The third-order valence-electron chi connectivity index (χ3n) is 3.22. The number of rotatable bonds is 5. The first-order chi connectivity index (χ1) is 9.92. The Morgan fingerprint density at radius 1 is 1.38 bits per heavy atom. The van der Waals surface area contributed by atoms with E-state index in [0.717, 1.165) is 10.6 Å². The highest BCUT2D eigenvalue weighted by Gasteiger charge is 2.42. The third kappa shape index (κ3) is 4.12. The maximum Gasteiger partial charge on any atom is 0.329 e. The summed E-state index contributed by atoms with van der Waals surface area (Å²) in [5, 5.41) is 11.4. The fourth-order valence-electron chi connectivity index (χ4n) is 2.11. The number of likely N-dealkylation sites (tertiary alicyclic amines) is 1. The number of hydrogen-bond donors (Lipinski definition) is 2. The number of benzene rings is 1. The predicted molar refractivity (Wildman–Crippen MR) is 80.8 cm³/mol. The molecule has 0 spiro atoms. The zero-order chi connectivity index (χ0) is 15.5. The number of amides is 2. The van der Waals surface area contributed by atoms with Gasteiger partial charge in [0.15, 0.2) is 0 Å². The largest absolute Gasteiger partial charge is 0.480 e. The first kappa shape index (κ1) is 15.7. The number of carboxylic acids is 1. The number of carbonyl (C=O) groups excluding carboxylic acids is 1. The molecule has 2 rings (SSSR count). The average molecular weight is 310 g/mol. The van der Waals surface area contributed by atoms with Crippen LogP contribution in [-0.4, -0.2) is 53.6 Å². The van der Waals surface area contributed by atoms with Gasteiger partial charge in [-0.25, -0.2) is 9.59 Å². The standard InChI is InChI=1S/C14H18N2O4S/c1-14(20-7-12(17)18)8-16(9-14)13(19)15-10-3-5-11(21-2)6-4-10/h3-6H,7-9H2,1-2H3,(H,15,19)(H,17,18). The van der Waals surface area contributed by atoms with Gasteiger partial charge in [-0.2, -0.15) is 0 Å². The number of aliphatic carboxylic acids is 1. The van der Waals surface area contributed by atoms with Crippen LogP contribution >= 0.6 is 11.8 Å². The van der Waals surface area contributed by atoms with Gasteiger partial charge in [0.05, 0.1) is 13.1 Å². The van der Waals surface area contributed by atoms with Crippen LogP contribution in [0.25, 0.3) is 0 Å². The molecule has 0 atom stereocenters. The minimum absolute atomic E-state index is 0.205. The zero-order valence-corrected chi connectivity index (χ0v) is 12.8. The normalized spacial score (nSPS) is 16.2. The molecule has 0 unspecified atom stereocenters. The number of nitrogens with zero attached hydrogens (tertiary/aromatic N) is 1. The number of anilines is 1. The maximum absolute atomic E-state index is 12.0. The van der Waals surface area contributed by atoms with E-state index in [4.69, 9.17) is 9.84 Å². The molecule has 114 valence electrons. The van der Waals surface area contributed by atoms with Crippen LogP contribution < -0.4 is 5.32 Å². The quantitative estimate of drug-likeness (QED) is 0.814. The molecule has 1 fully saturated rings. The SMILES string of the molecule is CSc1ccc(NC(=O)N2CC(C)(OCC(=O)O)C2)cc1. The van der Waals surface area contributed by atoms with E-state index in [0.29, 0.717) is 13.1 Å². The molecule has 0 aromatic heterocycles. The monoisotopic (exact) mass is 310 g/mol. The summed E-state index contributed by atoms with van der Waals surface area (Å²) in [4.78, 5) is 25.2. The molecule has 0 radical (unpaired) electrons. The van der Waals surface area contributed by atoms with Crippen molar-refractivity contribution >= 4 is 29.4 Å². The molecule has 1 aliphatic rings. The highest BCUT2D eigenvalue weighted by Crippen LogP contribution is 2.25. The highest BCUT2D eigenvalue weighted by molar-refractivity contribution is 7.98. The van der Waals surface area contributed by atoms with E-state index in [1.807, 2.05) is 30.5 Å². The second kappa shape index (κ2) is 6.36. The third-order valence-corrected chi connectivity index (χ3v) is 3.97. The van der Waals surface area contributed by atoms with Crippen LogP contribution in [0.2, 0.25) is 0 Å². The lowest BCUT2D eigenvalue weighted by Crippen LogP contribution is -2.64. The van der Waals surface area contributed by atoms with Crippen LogP contribution in [0.3, 0.4) is 0 Å². The van der Waals surface area contributed by atoms with Crippen molar-refractivity contribution in [2.45, 2.75) is 17.4 Å².